The lowest BCUT2D eigenvalue weighted by atomic mass is 9.98. The number of rotatable bonds is 8. The highest BCUT2D eigenvalue weighted by atomic mass is 32.2. The zero-order valence-corrected chi connectivity index (χ0v) is 16.5. The van der Waals surface area contributed by atoms with Crippen molar-refractivity contribution < 1.29 is 18.3 Å². The minimum Gasteiger partial charge on any atom is -0.476 e. The van der Waals surface area contributed by atoms with Crippen molar-refractivity contribution in [3.63, 3.8) is 0 Å². The van der Waals surface area contributed by atoms with Crippen LogP contribution in [-0.4, -0.2) is 29.3 Å². The smallest absolute Gasteiger partial charge is 0.355 e. The number of carbonyl (C=O) groups is 1. The Hall–Kier alpha value is -2.19. The maximum Gasteiger partial charge on any atom is 0.355 e. The second-order valence-corrected chi connectivity index (χ2v) is 9.24. The van der Waals surface area contributed by atoms with Crippen LogP contribution in [0.15, 0.2) is 35.4 Å². The predicted octanol–water partition coefficient (Wildman–Crippen LogP) is 2.75. The van der Waals surface area contributed by atoms with E-state index in [0.717, 1.165) is 35.7 Å². The summed E-state index contributed by atoms with van der Waals surface area (Å²) in [5, 5.41) is 13.1. The molecular formula is C19H25N3O4S. The van der Waals surface area contributed by atoms with Crippen molar-refractivity contribution in [2.24, 2.45) is 18.9 Å². The summed E-state index contributed by atoms with van der Waals surface area (Å²) in [5.41, 5.74) is 1.77. The van der Waals surface area contributed by atoms with Crippen LogP contribution in [0.3, 0.4) is 0 Å². The Morgan fingerprint density at radius 2 is 1.93 bits per heavy atom. The number of carboxylic acids is 1. The van der Waals surface area contributed by atoms with Gasteiger partial charge in [0.2, 0.25) is 10.0 Å². The van der Waals surface area contributed by atoms with Gasteiger partial charge in [-0.15, -0.1) is 0 Å². The number of hydrogen-bond acceptors (Lipinski definition) is 4. The molecule has 8 heteroatoms. The summed E-state index contributed by atoms with van der Waals surface area (Å²) >= 11 is 0. The number of sulfonamides is 1. The van der Waals surface area contributed by atoms with Crippen molar-refractivity contribution in [3.8, 4) is 0 Å². The van der Waals surface area contributed by atoms with E-state index in [2.05, 4.69) is 23.7 Å². The highest BCUT2D eigenvalue weighted by molar-refractivity contribution is 7.89. The van der Waals surface area contributed by atoms with Crippen LogP contribution in [0.25, 0.3) is 0 Å². The first-order chi connectivity index (χ1) is 12.7. The Balaban J connectivity index is 1.88. The summed E-state index contributed by atoms with van der Waals surface area (Å²) in [6, 6.07) is 7.62. The van der Waals surface area contributed by atoms with Crippen molar-refractivity contribution in [1.29, 1.82) is 0 Å². The van der Waals surface area contributed by atoms with Gasteiger partial charge in [0.1, 0.15) is 4.90 Å². The van der Waals surface area contributed by atoms with E-state index in [1.165, 1.54) is 12.6 Å². The van der Waals surface area contributed by atoms with Gasteiger partial charge in [0.15, 0.2) is 5.69 Å². The summed E-state index contributed by atoms with van der Waals surface area (Å²) in [6.07, 6.45) is 3.94. The molecule has 1 heterocycles. The van der Waals surface area contributed by atoms with Crippen LogP contribution >= 0.6 is 0 Å². The molecule has 27 heavy (non-hydrogen) atoms. The van der Waals surface area contributed by atoms with Crippen molar-refractivity contribution in [2.75, 3.05) is 0 Å². The van der Waals surface area contributed by atoms with Crippen molar-refractivity contribution in [1.82, 2.24) is 14.5 Å². The maximum atomic E-state index is 12.9. The number of benzene rings is 1. The third-order valence-corrected chi connectivity index (χ3v) is 6.20. The Labute approximate surface area is 159 Å². The molecule has 1 saturated carbocycles. The number of hydrogen-bond donors (Lipinski definition) is 2. The molecule has 1 aliphatic carbocycles. The van der Waals surface area contributed by atoms with Gasteiger partial charge < -0.3 is 5.11 Å². The van der Waals surface area contributed by atoms with Crippen LogP contribution in [0.1, 0.15) is 54.3 Å². The van der Waals surface area contributed by atoms with E-state index in [-0.39, 0.29) is 22.5 Å². The first kappa shape index (κ1) is 19.6. The molecule has 1 aliphatic rings. The molecule has 1 unspecified atom stereocenters. The van der Waals surface area contributed by atoms with Crippen LogP contribution in [-0.2, 0) is 23.5 Å². The highest BCUT2D eigenvalue weighted by Crippen LogP contribution is 2.42. The van der Waals surface area contributed by atoms with Crippen LogP contribution in [0.5, 0.6) is 0 Å². The van der Waals surface area contributed by atoms with E-state index < -0.39 is 16.0 Å². The molecule has 0 spiro atoms. The van der Waals surface area contributed by atoms with Gasteiger partial charge in [-0.05, 0) is 42.2 Å². The average molecular weight is 391 g/mol. The first-order valence-corrected chi connectivity index (χ1v) is 10.5. The fourth-order valence-electron chi connectivity index (χ4n) is 3.29. The molecule has 0 bridgehead atoms. The normalized spacial score (nSPS) is 15.9. The number of nitrogens with zero attached hydrogens (tertiary/aromatic N) is 2. The highest BCUT2D eigenvalue weighted by Gasteiger charge is 2.37. The second kappa shape index (κ2) is 7.44. The molecule has 1 fully saturated rings. The van der Waals surface area contributed by atoms with Gasteiger partial charge in [-0.2, -0.15) is 5.10 Å². The fraction of sp³-hybridized carbons (Fsp3) is 0.474. The van der Waals surface area contributed by atoms with Gasteiger partial charge in [-0.1, -0.05) is 38.1 Å². The third-order valence-electron chi connectivity index (χ3n) is 4.76. The Morgan fingerprint density at radius 3 is 2.44 bits per heavy atom. The van der Waals surface area contributed by atoms with E-state index >= 15 is 0 Å². The molecule has 0 saturated heterocycles. The Kier molecular flexibility index (Phi) is 5.39. The fourth-order valence-corrected chi connectivity index (χ4v) is 4.74. The standard InChI is InChI=1S/C19H25N3O4S/c1-12(2)10-13-4-6-14(7-5-13)17(15-8-9-15)21-27(25,26)16-11-20-22(3)18(16)19(23)24/h4-7,11-12,15,17,21H,8-10H2,1-3H3,(H,23,24). The lowest BCUT2D eigenvalue weighted by molar-refractivity contribution is 0.0680. The molecule has 7 nitrogen and oxygen atoms in total. The summed E-state index contributed by atoms with van der Waals surface area (Å²) in [5.74, 6) is -0.550. The average Bonchev–Trinajstić information content (AvgIpc) is 3.34. The van der Waals surface area contributed by atoms with Crippen LogP contribution < -0.4 is 4.72 Å². The van der Waals surface area contributed by atoms with E-state index in [4.69, 9.17) is 0 Å². The molecule has 0 amide bonds. The van der Waals surface area contributed by atoms with Crippen molar-refractivity contribution in [2.45, 2.75) is 44.0 Å². The monoisotopic (exact) mass is 391 g/mol. The molecule has 0 aliphatic heterocycles. The van der Waals surface area contributed by atoms with E-state index in [1.807, 2.05) is 24.3 Å². The van der Waals surface area contributed by atoms with Gasteiger partial charge in [-0.3, -0.25) is 4.68 Å². The zero-order valence-electron chi connectivity index (χ0n) is 15.7. The number of aromatic carboxylic acids is 1. The number of carboxylic acid groups (broad SMARTS) is 1. The lowest BCUT2D eigenvalue weighted by Crippen LogP contribution is -2.31. The summed E-state index contributed by atoms with van der Waals surface area (Å²) in [7, 11) is -2.60. The molecule has 146 valence electrons. The van der Waals surface area contributed by atoms with Gasteiger partial charge in [-0.25, -0.2) is 17.9 Å². The van der Waals surface area contributed by atoms with E-state index in [9.17, 15) is 18.3 Å². The van der Waals surface area contributed by atoms with Crippen molar-refractivity contribution in [3.05, 3.63) is 47.3 Å². The van der Waals surface area contributed by atoms with E-state index in [1.54, 1.807) is 0 Å². The first-order valence-electron chi connectivity index (χ1n) is 9.05. The quantitative estimate of drug-likeness (QED) is 0.720. The Bertz CT molecular complexity index is 928. The van der Waals surface area contributed by atoms with Gasteiger partial charge in [0.25, 0.3) is 0 Å². The van der Waals surface area contributed by atoms with Crippen LogP contribution in [0.2, 0.25) is 0 Å². The molecule has 1 atom stereocenters. The summed E-state index contributed by atoms with van der Waals surface area (Å²) < 4.78 is 29.5. The third kappa shape index (κ3) is 4.39. The lowest BCUT2D eigenvalue weighted by Gasteiger charge is -2.19. The van der Waals surface area contributed by atoms with Gasteiger partial charge in [0.05, 0.1) is 6.20 Å². The molecule has 3 rings (SSSR count). The summed E-state index contributed by atoms with van der Waals surface area (Å²) in [6.45, 7) is 4.31. The van der Waals surface area contributed by atoms with Gasteiger partial charge >= 0.3 is 5.97 Å². The largest absolute Gasteiger partial charge is 0.476 e. The SMILES string of the molecule is CC(C)Cc1ccc(C(NS(=O)(=O)c2cnn(C)c2C(=O)O)C2CC2)cc1. The number of aromatic nitrogens is 2. The minimum absolute atomic E-state index is 0.223. The van der Waals surface area contributed by atoms with Crippen LogP contribution in [0, 0.1) is 11.8 Å². The zero-order chi connectivity index (χ0) is 19.8. The minimum atomic E-state index is -4.01. The molecule has 1 aromatic heterocycles. The maximum absolute atomic E-state index is 12.9. The molecule has 0 radical (unpaired) electrons. The molecule has 2 aromatic rings. The Morgan fingerprint density at radius 1 is 1.30 bits per heavy atom. The predicted molar refractivity (Wildman–Crippen MR) is 101 cm³/mol. The second-order valence-electron chi connectivity index (χ2n) is 7.56. The number of nitrogens with one attached hydrogen (secondary N) is 1. The van der Waals surface area contributed by atoms with E-state index in [0.29, 0.717) is 5.92 Å². The summed E-state index contributed by atoms with van der Waals surface area (Å²) in [4.78, 5) is 11.1. The molecule has 2 N–H and O–H groups in total. The van der Waals surface area contributed by atoms with Gasteiger partial charge in [0, 0.05) is 13.1 Å². The number of aryl methyl sites for hydroxylation is 1. The van der Waals surface area contributed by atoms with Crippen molar-refractivity contribution >= 4 is 16.0 Å². The molecule has 1 aromatic carbocycles. The topological polar surface area (TPSA) is 101 Å². The molecular weight excluding hydrogens is 366 g/mol. The van der Waals surface area contributed by atoms with Crippen LogP contribution in [0.4, 0.5) is 0 Å².